The summed E-state index contributed by atoms with van der Waals surface area (Å²) in [6, 6.07) is 5.42. The number of nitrogens with two attached hydrogens (primary N) is 1. The van der Waals surface area contributed by atoms with Gasteiger partial charge >= 0.3 is 6.18 Å². The van der Waals surface area contributed by atoms with Crippen LogP contribution < -0.4 is 11.1 Å². The van der Waals surface area contributed by atoms with Gasteiger partial charge in [0, 0.05) is 36.2 Å². The zero-order valence-electron chi connectivity index (χ0n) is 16.9. The average molecular weight is 485 g/mol. The molecule has 2 aromatic heterocycles. The van der Waals surface area contributed by atoms with E-state index in [-0.39, 0.29) is 41.1 Å². The summed E-state index contributed by atoms with van der Waals surface area (Å²) < 4.78 is 52.5. The average Bonchev–Trinajstić information content (AvgIpc) is 3.06. The first-order valence-electron chi connectivity index (χ1n) is 9.72. The van der Waals surface area contributed by atoms with Crippen LogP contribution >= 0.6 is 11.6 Å². The van der Waals surface area contributed by atoms with Crippen LogP contribution in [0.2, 0.25) is 5.02 Å². The maximum absolute atomic E-state index is 14.1. The highest BCUT2D eigenvalue weighted by Gasteiger charge is 2.36. The molecule has 8 nitrogen and oxygen atoms in total. The molecule has 1 saturated heterocycles. The van der Waals surface area contributed by atoms with Crippen molar-refractivity contribution in [1.82, 2.24) is 25.0 Å². The number of nitrogens with one attached hydrogen (secondary N) is 1. The van der Waals surface area contributed by atoms with Crippen LogP contribution in [-0.4, -0.2) is 57.3 Å². The number of carbonyl (C=O) groups excluding carboxylic acids is 2. The summed E-state index contributed by atoms with van der Waals surface area (Å²) in [7, 11) is 0. The summed E-state index contributed by atoms with van der Waals surface area (Å²) in [5.41, 5.74) is 6.63. The number of nitrogen functional groups attached to an aromatic ring is 1. The number of amides is 2. The maximum atomic E-state index is 14.1. The smallest absolute Gasteiger partial charge is 0.384 e. The predicted octanol–water partition coefficient (Wildman–Crippen LogP) is 2.72. The lowest BCUT2D eigenvalue weighted by Crippen LogP contribution is -2.48. The van der Waals surface area contributed by atoms with Crippen LogP contribution in [0.1, 0.15) is 22.0 Å². The van der Waals surface area contributed by atoms with Gasteiger partial charge in [0.15, 0.2) is 0 Å². The molecule has 1 fully saturated rings. The molecule has 3 N–H and O–H groups in total. The van der Waals surface area contributed by atoms with Crippen molar-refractivity contribution in [3.63, 3.8) is 0 Å². The lowest BCUT2D eigenvalue weighted by molar-refractivity contribution is -0.138. The first-order valence-corrected chi connectivity index (χ1v) is 10.1. The largest absolute Gasteiger partial charge is 0.405 e. The van der Waals surface area contributed by atoms with Crippen LogP contribution in [0, 0.1) is 5.82 Å². The topological polar surface area (TPSA) is 106 Å². The number of benzene rings is 1. The minimum absolute atomic E-state index is 0.203. The Hall–Kier alpha value is -3.41. The van der Waals surface area contributed by atoms with Crippen molar-refractivity contribution >= 4 is 40.1 Å². The zero-order valence-corrected chi connectivity index (χ0v) is 17.6. The number of nitrogens with zero attached hydrogens (tertiary/aromatic N) is 4. The Morgan fingerprint density at radius 3 is 2.64 bits per heavy atom. The lowest BCUT2D eigenvalue weighted by Gasteiger charge is -2.38. The molecule has 0 atom stereocenters. The van der Waals surface area contributed by atoms with Crippen LogP contribution in [0.4, 0.5) is 23.4 Å². The number of rotatable bonds is 5. The molecule has 33 heavy (non-hydrogen) atoms. The van der Waals surface area contributed by atoms with E-state index in [0.29, 0.717) is 16.8 Å². The second kappa shape index (κ2) is 8.50. The number of halogens is 5. The molecule has 0 bridgehead atoms. The molecule has 13 heteroatoms. The van der Waals surface area contributed by atoms with Gasteiger partial charge in [-0.15, -0.1) is 0 Å². The van der Waals surface area contributed by atoms with Gasteiger partial charge in [0.1, 0.15) is 24.7 Å². The van der Waals surface area contributed by atoms with Crippen LogP contribution in [-0.2, 0) is 11.3 Å². The number of alkyl halides is 3. The second-order valence-corrected chi connectivity index (χ2v) is 7.94. The number of hydrogen-bond acceptors (Lipinski definition) is 5. The Morgan fingerprint density at radius 2 is 1.97 bits per heavy atom. The summed E-state index contributed by atoms with van der Waals surface area (Å²) in [4.78, 5) is 30.0. The molecule has 4 rings (SSSR count). The molecule has 3 aromatic rings. The van der Waals surface area contributed by atoms with Gasteiger partial charge < -0.3 is 16.0 Å². The van der Waals surface area contributed by atoms with Crippen LogP contribution in [0.25, 0.3) is 10.9 Å². The van der Waals surface area contributed by atoms with E-state index < -0.39 is 31.0 Å². The van der Waals surface area contributed by atoms with Gasteiger partial charge in [-0.05, 0) is 24.3 Å². The normalized spacial score (nSPS) is 14.4. The van der Waals surface area contributed by atoms with Gasteiger partial charge in [0.2, 0.25) is 5.91 Å². The third-order valence-corrected chi connectivity index (χ3v) is 5.57. The van der Waals surface area contributed by atoms with E-state index in [1.807, 2.05) is 0 Å². The van der Waals surface area contributed by atoms with E-state index in [1.54, 1.807) is 5.32 Å². The molecule has 0 spiro atoms. The van der Waals surface area contributed by atoms with Crippen molar-refractivity contribution in [1.29, 1.82) is 0 Å². The quantitative estimate of drug-likeness (QED) is 0.542. The summed E-state index contributed by atoms with van der Waals surface area (Å²) in [6.45, 7) is -1.49. The van der Waals surface area contributed by atoms with E-state index in [2.05, 4.69) is 10.1 Å². The highest BCUT2D eigenvalue weighted by Crippen LogP contribution is 2.37. The minimum Gasteiger partial charge on any atom is -0.384 e. The molecule has 1 aromatic carbocycles. The zero-order chi connectivity index (χ0) is 23.9. The number of anilines is 1. The summed E-state index contributed by atoms with van der Waals surface area (Å²) in [6.07, 6.45) is -3.14. The number of aromatic nitrogens is 3. The van der Waals surface area contributed by atoms with E-state index in [9.17, 15) is 27.2 Å². The highest BCUT2D eigenvalue weighted by atomic mass is 35.5. The third-order valence-electron chi connectivity index (χ3n) is 5.20. The van der Waals surface area contributed by atoms with Gasteiger partial charge in [-0.25, -0.2) is 9.37 Å². The molecule has 2 amide bonds. The fraction of sp³-hybridized carbons (Fsp3) is 0.300. The predicted molar refractivity (Wildman–Crippen MR) is 111 cm³/mol. The molecule has 0 aliphatic carbocycles. The number of pyridine rings is 1. The molecule has 0 radical (unpaired) electrons. The number of fused-ring (bicyclic) bond motifs is 1. The highest BCUT2D eigenvalue weighted by molar-refractivity contribution is 6.35. The van der Waals surface area contributed by atoms with Gasteiger partial charge in [0.05, 0.1) is 16.2 Å². The monoisotopic (exact) mass is 484 g/mol. The number of carbonyl (C=O) groups is 2. The van der Waals surface area contributed by atoms with Gasteiger partial charge in [-0.3, -0.25) is 14.3 Å². The van der Waals surface area contributed by atoms with Crippen LogP contribution in [0.5, 0.6) is 0 Å². The molecular formula is C20H17ClF4N6O2. The fourth-order valence-corrected chi connectivity index (χ4v) is 3.87. The summed E-state index contributed by atoms with van der Waals surface area (Å²) in [5.74, 6) is -1.99. The van der Waals surface area contributed by atoms with Crippen molar-refractivity contribution < 1.29 is 27.2 Å². The number of hydrogen-bond donors (Lipinski definition) is 2. The van der Waals surface area contributed by atoms with E-state index in [4.69, 9.17) is 17.3 Å². The Labute approximate surface area is 189 Å². The van der Waals surface area contributed by atoms with Crippen molar-refractivity contribution in [3.8, 4) is 0 Å². The van der Waals surface area contributed by atoms with Crippen molar-refractivity contribution in [2.75, 3.05) is 25.4 Å². The maximum Gasteiger partial charge on any atom is 0.405 e. The summed E-state index contributed by atoms with van der Waals surface area (Å²) in [5, 5.41) is 6.15. The van der Waals surface area contributed by atoms with Crippen molar-refractivity contribution in [2.45, 2.75) is 18.6 Å². The molecule has 1 aliphatic heterocycles. The molecule has 0 unspecified atom stereocenters. The molecule has 3 heterocycles. The van der Waals surface area contributed by atoms with Gasteiger partial charge in [0.25, 0.3) is 5.91 Å². The molecule has 1 aliphatic rings. The SMILES string of the molecule is Nc1cc(C(=O)N2CC(c3nn(CC(=O)NCC(F)(F)F)c4ccc(F)c(Cl)c34)C2)ccn1. The Balaban J connectivity index is 1.56. The third kappa shape index (κ3) is 4.70. The fourth-order valence-electron chi connectivity index (χ4n) is 3.61. The van der Waals surface area contributed by atoms with Crippen LogP contribution in [0.3, 0.4) is 0 Å². The van der Waals surface area contributed by atoms with Gasteiger partial charge in [-0.1, -0.05) is 11.6 Å². The Morgan fingerprint density at radius 1 is 1.24 bits per heavy atom. The molecule has 0 saturated carbocycles. The standard InChI is InChI=1S/C20H17ClF4N6O2/c21-17-12(22)1-2-13-16(17)18(29-31(13)8-15(32)28-9-20(23,24)25)11-6-30(7-11)19(33)10-3-4-27-14(26)5-10/h1-5,11H,6-9H2,(H2,26,27)(H,28,32). The Bertz CT molecular complexity index is 1240. The van der Waals surface area contributed by atoms with E-state index >= 15 is 0 Å². The van der Waals surface area contributed by atoms with Gasteiger partial charge in [-0.2, -0.15) is 18.3 Å². The lowest BCUT2D eigenvalue weighted by atomic mass is 9.93. The first kappa shape index (κ1) is 22.8. The first-order chi connectivity index (χ1) is 15.5. The van der Waals surface area contributed by atoms with E-state index in [0.717, 1.165) is 6.07 Å². The second-order valence-electron chi connectivity index (χ2n) is 7.57. The Kier molecular flexibility index (Phi) is 5.87. The van der Waals surface area contributed by atoms with Crippen molar-refractivity contribution in [2.24, 2.45) is 0 Å². The summed E-state index contributed by atoms with van der Waals surface area (Å²) >= 11 is 6.16. The van der Waals surface area contributed by atoms with Crippen LogP contribution in [0.15, 0.2) is 30.5 Å². The van der Waals surface area contributed by atoms with E-state index in [1.165, 1.54) is 34.0 Å². The minimum atomic E-state index is -4.55. The number of likely N-dealkylation sites (tertiary alicyclic amines) is 1. The molecule has 174 valence electrons. The molecular weight excluding hydrogens is 468 g/mol. The van der Waals surface area contributed by atoms with Crippen molar-refractivity contribution in [3.05, 3.63) is 52.6 Å².